The highest BCUT2D eigenvalue weighted by Gasteiger charge is 1.98. The van der Waals surface area contributed by atoms with Crippen LogP contribution in [-0.4, -0.2) is 7.11 Å². The summed E-state index contributed by atoms with van der Waals surface area (Å²) in [6, 6.07) is 10.5. The molecule has 13 heavy (non-hydrogen) atoms. The van der Waals surface area contributed by atoms with Gasteiger partial charge in [-0.05, 0) is 24.0 Å². The molecule has 0 aliphatic heterocycles. The normalized spacial score (nSPS) is 13.1. The van der Waals surface area contributed by atoms with Crippen molar-refractivity contribution in [2.24, 2.45) is 5.92 Å². The lowest BCUT2D eigenvalue weighted by Gasteiger charge is -2.05. The summed E-state index contributed by atoms with van der Waals surface area (Å²) in [6.45, 7) is 2.18. The van der Waals surface area contributed by atoms with E-state index in [1.807, 2.05) is 6.07 Å². The van der Waals surface area contributed by atoms with Crippen LogP contribution in [0.25, 0.3) is 0 Å². The summed E-state index contributed by atoms with van der Waals surface area (Å²) < 4.78 is 4.87. The van der Waals surface area contributed by atoms with Gasteiger partial charge in [0.15, 0.2) is 0 Å². The molecule has 70 valence electrons. The van der Waals surface area contributed by atoms with Crippen LogP contribution in [0.3, 0.4) is 0 Å². The van der Waals surface area contributed by atoms with E-state index in [1.54, 1.807) is 13.4 Å². The van der Waals surface area contributed by atoms with Crippen LogP contribution in [0.15, 0.2) is 42.7 Å². The average Bonchev–Trinajstić information content (AvgIpc) is 2.16. The number of allylic oxidation sites excluding steroid dienone is 1. The molecule has 0 N–H and O–H groups in total. The first-order valence-corrected chi connectivity index (χ1v) is 4.56. The summed E-state index contributed by atoms with van der Waals surface area (Å²) in [5, 5.41) is 0. The molecule has 0 aromatic heterocycles. The molecule has 0 aliphatic carbocycles. The first-order chi connectivity index (χ1) is 6.33. The lowest BCUT2D eigenvalue weighted by molar-refractivity contribution is 0.334. The molecule has 1 nitrogen and oxygen atoms in total. The zero-order chi connectivity index (χ0) is 9.52. The van der Waals surface area contributed by atoms with E-state index in [9.17, 15) is 0 Å². The van der Waals surface area contributed by atoms with Gasteiger partial charge in [-0.15, -0.1) is 0 Å². The Bertz CT molecular complexity index is 251. The fraction of sp³-hybridized carbons (Fsp3) is 0.333. The molecule has 0 heterocycles. The van der Waals surface area contributed by atoms with Crippen molar-refractivity contribution in [3.05, 3.63) is 48.2 Å². The Kier molecular flexibility index (Phi) is 4.10. The largest absolute Gasteiger partial charge is 0.505 e. The van der Waals surface area contributed by atoms with Crippen molar-refractivity contribution in [3.63, 3.8) is 0 Å². The summed E-state index contributed by atoms with van der Waals surface area (Å²) in [6.07, 6.45) is 4.89. The van der Waals surface area contributed by atoms with Crippen molar-refractivity contribution >= 4 is 0 Å². The van der Waals surface area contributed by atoms with E-state index >= 15 is 0 Å². The van der Waals surface area contributed by atoms with Crippen LogP contribution in [-0.2, 0) is 11.2 Å². The number of ether oxygens (including phenoxy) is 1. The first-order valence-electron chi connectivity index (χ1n) is 4.56. The van der Waals surface area contributed by atoms with Gasteiger partial charge in [0, 0.05) is 0 Å². The monoisotopic (exact) mass is 176 g/mol. The SMILES string of the molecule is CO/C=C\C(C)Cc1ccccc1. The summed E-state index contributed by atoms with van der Waals surface area (Å²) in [5.74, 6) is 0.530. The van der Waals surface area contributed by atoms with Crippen LogP contribution >= 0.6 is 0 Å². The van der Waals surface area contributed by atoms with Gasteiger partial charge in [-0.1, -0.05) is 37.3 Å². The van der Waals surface area contributed by atoms with Crippen molar-refractivity contribution in [2.45, 2.75) is 13.3 Å². The topological polar surface area (TPSA) is 9.23 Å². The second-order valence-electron chi connectivity index (χ2n) is 3.23. The second kappa shape index (κ2) is 5.41. The van der Waals surface area contributed by atoms with Crippen LogP contribution in [0.1, 0.15) is 12.5 Å². The van der Waals surface area contributed by atoms with Gasteiger partial charge in [-0.2, -0.15) is 0 Å². The van der Waals surface area contributed by atoms with Crippen LogP contribution < -0.4 is 0 Å². The third kappa shape index (κ3) is 3.79. The molecular formula is C12H16O. The van der Waals surface area contributed by atoms with E-state index in [0.717, 1.165) is 6.42 Å². The summed E-state index contributed by atoms with van der Waals surface area (Å²) >= 11 is 0. The molecule has 1 aromatic rings. The van der Waals surface area contributed by atoms with E-state index < -0.39 is 0 Å². The quantitative estimate of drug-likeness (QED) is 0.641. The van der Waals surface area contributed by atoms with Gasteiger partial charge in [0.1, 0.15) is 0 Å². The van der Waals surface area contributed by atoms with Crippen molar-refractivity contribution in [1.29, 1.82) is 0 Å². The molecule has 0 amide bonds. The second-order valence-corrected chi connectivity index (χ2v) is 3.23. The van der Waals surface area contributed by atoms with E-state index in [1.165, 1.54) is 5.56 Å². The molecule has 0 saturated carbocycles. The number of rotatable bonds is 4. The fourth-order valence-corrected chi connectivity index (χ4v) is 1.27. The van der Waals surface area contributed by atoms with Crippen LogP contribution in [0.2, 0.25) is 0 Å². The molecular weight excluding hydrogens is 160 g/mol. The molecule has 0 radical (unpaired) electrons. The summed E-state index contributed by atoms with van der Waals surface area (Å²) in [5.41, 5.74) is 1.37. The fourth-order valence-electron chi connectivity index (χ4n) is 1.27. The molecule has 0 bridgehead atoms. The molecule has 0 saturated heterocycles. The predicted molar refractivity (Wildman–Crippen MR) is 55.5 cm³/mol. The number of hydrogen-bond acceptors (Lipinski definition) is 1. The highest BCUT2D eigenvalue weighted by Crippen LogP contribution is 2.08. The van der Waals surface area contributed by atoms with Crippen molar-refractivity contribution in [3.8, 4) is 0 Å². The zero-order valence-electron chi connectivity index (χ0n) is 8.23. The standard InChI is InChI=1S/C12H16O/c1-11(8-9-13-2)10-12-6-4-3-5-7-12/h3-9,11H,10H2,1-2H3/b9-8-. The van der Waals surface area contributed by atoms with Crippen molar-refractivity contribution in [1.82, 2.24) is 0 Å². The van der Waals surface area contributed by atoms with Gasteiger partial charge in [-0.3, -0.25) is 0 Å². The maximum atomic E-state index is 4.87. The van der Waals surface area contributed by atoms with Gasteiger partial charge in [0.25, 0.3) is 0 Å². The van der Waals surface area contributed by atoms with E-state index in [4.69, 9.17) is 4.74 Å². The van der Waals surface area contributed by atoms with Crippen LogP contribution in [0, 0.1) is 5.92 Å². The predicted octanol–water partition coefficient (Wildman–Crippen LogP) is 3.03. The van der Waals surface area contributed by atoms with Gasteiger partial charge >= 0.3 is 0 Å². The summed E-state index contributed by atoms with van der Waals surface area (Å²) in [7, 11) is 1.67. The van der Waals surface area contributed by atoms with Gasteiger partial charge in [0.2, 0.25) is 0 Å². The van der Waals surface area contributed by atoms with Crippen LogP contribution in [0.4, 0.5) is 0 Å². The smallest absolute Gasteiger partial charge is 0.0787 e. The first kappa shape index (κ1) is 9.85. The zero-order valence-corrected chi connectivity index (χ0v) is 8.23. The number of hydrogen-bond donors (Lipinski definition) is 0. The molecule has 1 unspecified atom stereocenters. The maximum Gasteiger partial charge on any atom is 0.0787 e. The maximum absolute atomic E-state index is 4.87. The number of benzene rings is 1. The Morgan fingerprint density at radius 2 is 2.00 bits per heavy atom. The molecule has 1 heteroatoms. The Labute approximate surface area is 80.0 Å². The highest BCUT2D eigenvalue weighted by molar-refractivity contribution is 5.15. The van der Waals surface area contributed by atoms with E-state index in [-0.39, 0.29) is 0 Å². The molecule has 0 aliphatic rings. The number of methoxy groups -OCH3 is 1. The Morgan fingerprint density at radius 3 is 2.62 bits per heavy atom. The van der Waals surface area contributed by atoms with Crippen LogP contribution in [0.5, 0.6) is 0 Å². The molecule has 1 atom stereocenters. The average molecular weight is 176 g/mol. The molecule has 0 fully saturated rings. The van der Waals surface area contributed by atoms with Gasteiger partial charge < -0.3 is 4.74 Å². The van der Waals surface area contributed by atoms with E-state index in [0.29, 0.717) is 5.92 Å². The van der Waals surface area contributed by atoms with Gasteiger partial charge in [-0.25, -0.2) is 0 Å². The lowest BCUT2D eigenvalue weighted by Crippen LogP contribution is -1.95. The minimum Gasteiger partial charge on any atom is -0.505 e. The Balaban J connectivity index is 2.45. The third-order valence-corrected chi connectivity index (χ3v) is 1.94. The Morgan fingerprint density at radius 1 is 1.31 bits per heavy atom. The van der Waals surface area contributed by atoms with E-state index in [2.05, 4.69) is 37.3 Å². The third-order valence-electron chi connectivity index (χ3n) is 1.94. The molecule has 1 rings (SSSR count). The minimum atomic E-state index is 0.530. The molecule has 0 spiro atoms. The van der Waals surface area contributed by atoms with Crippen molar-refractivity contribution in [2.75, 3.05) is 7.11 Å². The lowest BCUT2D eigenvalue weighted by atomic mass is 10.0. The Hall–Kier alpha value is -1.24. The summed E-state index contributed by atoms with van der Waals surface area (Å²) in [4.78, 5) is 0. The van der Waals surface area contributed by atoms with Crippen molar-refractivity contribution < 1.29 is 4.74 Å². The minimum absolute atomic E-state index is 0.530. The highest BCUT2D eigenvalue weighted by atomic mass is 16.5. The molecule has 1 aromatic carbocycles. The van der Waals surface area contributed by atoms with Gasteiger partial charge in [0.05, 0.1) is 13.4 Å².